The van der Waals surface area contributed by atoms with Gasteiger partial charge in [-0.05, 0) is 59.7 Å². The zero-order valence-corrected chi connectivity index (χ0v) is 7.44. The molecule has 7 aliphatic carbocycles. The number of hydrogen-bond donors (Lipinski definition) is 0. The monoisotopic (exact) mass is 172 g/mol. The molecular weight excluding hydrogens is 160 g/mol. The third-order valence-electron chi connectivity index (χ3n) is 7.27. The second-order valence-electron chi connectivity index (χ2n) is 6.55. The van der Waals surface area contributed by atoms with Crippen molar-refractivity contribution < 1.29 is 4.79 Å². The van der Waals surface area contributed by atoms with Gasteiger partial charge in [-0.2, -0.15) is 0 Å². The van der Waals surface area contributed by atoms with Crippen molar-refractivity contribution in [1.82, 2.24) is 0 Å². The minimum Gasteiger partial charge on any atom is -0.303 e. The molecule has 0 heterocycles. The fourth-order valence-corrected chi connectivity index (χ4v) is 7.33. The van der Waals surface area contributed by atoms with Crippen LogP contribution in [0.4, 0.5) is 0 Å². The normalized spacial score (nSPS) is 88.0. The highest BCUT2D eigenvalue weighted by Gasteiger charge is 3.10. The van der Waals surface area contributed by atoms with Crippen LogP contribution >= 0.6 is 0 Å². The smallest absolute Gasteiger partial charge is 0.127 e. The molecule has 0 radical (unpaired) electrons. The molecule has 7 fully saturated rings. The van der Waals surface area contributed by atoms with E-state index in [-0.39, 0.29) is 0 Å². The molecule has 1 nitrogen and oxygen atoms in total. The Kier molecular flexibility index (Phi) is 0.444. The Morgan fingerprint density at radius 1 is 0.923 bits per heavy atom. The fraction of sp³-hybridized carbons (Fsp3) is 0.917. The molecule has 0 aromatic carbocycles. The minimum atomic E-state index is 0.316. The van der Waals surface area contributed by atoms with Gasteiger partial charge in [0.05, 0.1) is 0 Å². The van der Waals surface area contributed by atoms with E-state index in [1.165, 1.54) is 19.1 Å². The van der Waals surface area contributed by atoms with E-state index in [2.05, 4.69) is 0 Å². The number of aldehydes is 1. The Morgan fingerprint density at radius 2 is 1.46 bits per heavy atom. The van der Waals surface area contributed by atoms with Crippen molar-refractivity contribution in [1.29, 1.82) is 0 Å². The van der Waals surface area contributed by atoms with Crippen LogP contribution < -0.4 is 0 Å². The first-order valence-corrected chi connectivity index (χ1v) is 5.86. The van der Waals surface area contributed by atoms with E-state index in [4.69, 9.17) is 0 Å². The molecular formula is C12H12O. The third kappa shape index (κ3) is 0.212. The Balaban J connectivity index is 1.57. The molecule has 0 spiro atoms. The summed E-state index contributed by atoms with van der Waals surface area (Å²) in [4.78, 5) is 11.1. The molecule has 7 rings (SSSR count). The summed E-state index contributed by atoms with van der Waals surface area (Å²) in [6.07, 6.45) is 4.42. The van der Waals surface area contributed by atoms with Gasteiger partial charge in [0.1, 0.15) is 6.29 Å². The molecule has 0 unspecified atom stereocenters. The predicted octanol–water partition coefficient (Wildman–Crippen LogP) is 1.33. The molecule has 0 aromatic rings. The van der Waals surface area contributed by atoms with E-state index in [0.29, 0.717) is 5.41 Å². The highest BCUT2D eigenvalue weighted by atomic mass is 16.1. The van der Waals surface area contributed by atoms with E-state index < -0.39 is 0 Å². The highest BCUT2D eigenvalue weighted by molar-refractivity contribution is 5.78. The molecule has 0 aromatic heterocycles. The SMILES string of the molecule is O=CC12C3C4C1C1C2C3C41C1CC1. The van der Waals surface area contributed by atoms with Crippen LogP contribution in [0.3, 0.4) is 0 Å². The lowest BCUT2D eigenvalue weighted by atomic mass is 8.92. The number of hydrogen-bond acceptors (Lipinski definition) is 1. The van der Waals surface area contributed by atoms with Crippen molar-refractivity contribution >= 4 is 6.29 Å². The van der Waals surface area contributed by atoms with Gasteiger partial charge >= 0.3 is 0 Å². The molecule has 0 bridgehead atoms. The van der Waals surface area contributed by atoms with Crippen LogP contribution in [0.15, 0.2) is 0 Å². The van der Waals surface area contributed by atoms with Crippen molar-refractivity contribution in [2.75, 3.05) is 0 Å². The van der Waals surface area contributed by atoms with Gasteiger partial charge in [-0.25, -0.2) is 0 Å². The molecule has 13 heavy (non-hydrogen) atoms. The molecule has 0 aliphatic heterocycles. The maximum Gasteiger partial charge on any atom is 0.127 e. The Bertz CT molecular complexity index is 338. The first-order chi connectivity index (χ1) is 6.40. The van der Waals surface area contributed by atoms with Gasteiger partial charge in [-0.15, -0.1) is 0 Å². The van der Waals surface area contributed by atoms with E-state index in [0.717, 1.165) is 46.8 Å². The van der Waals surface area contributed by atoms with Gasteiger partial charge in [0.25, 0.3) is 0 Å². The molecule has 7 saturated carbocycles. The second kappa shape index (κ2) is 1.04. The molecule has 0 atom stereocenters. The van der Waals surface area contributed by atoms with E-state index in [9.17, 15) is 4.79 Å². The number of rotatable bonds is 2. The zero-order chi connectivity index (χ0) is 8.16. The van der Waals surface area contributed by atoms with Gasteiger partial charge in [0, 0.05) is 5.41 Å². The highest BCUT2D eigenvalue weighted by Crippen LogP contribution is 3.11. The van der Waals surface area contributed by atoms with E-state index in [1.54, 1.807) is 0 Å². The van der Waals surface area contributed by atoms with Crippen LogP contribution in [-0.4, -0.2) is 6.29 Å². The summed E-state index contributed by atoms with van der Waals surface area (Å²) in [5, 5.41) is 0. The summed E-state index contributed by atoms with van der Waals surface area (Å²) in [6, 6.07) is 0. The van der Waals surface area contributed by atoms with Crippen molar-refractivity contribution in [2.45, 2.75) is 12.8 Å². The van der Waals surface area contributed by atoms with Crippen LogP contribution in [0.5, 0.6) is 0 Å². The number of carbonyl (C=O) groups is 1. The zero-order valence-electron chi connectivity index (χ0n) is 7.44. The molecule has 0 N–H and O–H groups in total. The summed E-state index contributed by atoms with van der Waals surface area (Å²) in [7, 11) is 0. The first kappa shape index (κ1) is 5.53. The third-order valence-corrected chi connectivity index (χ3v) is 7.27. The lowest BCUT2D eigenvalue weighted by Gasteiger charge is -3.11. The number of carbonyl (C=O) groups excluding carboxylic acids is 1. The van der Waals surface area contributed by atoms with Crippen LogP contribution in [0.1, 0.15) is 12.8 Å². The average molecular weight is 172 g/mol. The maximum atomic E-state index is 11.1. The molecule has 66 valence electrons. The first-order valence-electron chi connectivity index (χ1n) is 5.86. The standard InChI is InChI=1S/C12H12O/c13-3-11-5-8-6(11)10-7(11)9(5)12(8,10)4-1-2-4/h3-10H,1-2H2. The predicted molar refractivity (Wildman–Crippen MR) is 44.6 cm³/mol. The van der Waals surface area contributed by atoms with Crippen molar-refractivity contribution in [2.24, 2.45) is 52.3 Å². The van der Waals surface area contributed by atoms with Gasteiger partial charge in [0.15, 0.2) is 0 Å². The van der Waals surface area contributed by atoms with E-state index in [1.807, 2.05) is 0 Å². The Hall–Kier alpha value is -0.330. The Morgan fingerprint density at radius 3 is 1.85 bits per heavy atom. The van der Waals surface area contributed by atoms with Gasteiger partial charge in [0.2, 0.25) is 0 Å². The largest absolute Gasteiger partial charge is 0.303 e. The molecule has 7 aliphatic rings. The van der Waals surface area contributed by atoms with Crippen LogP contribution in [0.25, 0.3) is 0 Å². The average Bonchev–Trinajstić information content (AvgIpc) is 3.00. The summed E-state index contributed by atoms with van der Waals surface area (Å²) < 4.78 is 0. The van der Waals surface area contributed by atoms with Crippen molar-refractivity contribution in [3.63, 3.8) is 0 Å². The van der Waals surface area contributed by atoms with Gasteiger partial charge in [-0.3, -0.25) is 0 Å². The minimum absolute atomic E-state index is 0.316. The van der Waals surface area contributed by atoms with Gasteiger partial charge < -0.3 is 4.79 Å². The summed E-state index contributed by atoms with van der Waals surface area (Å²) >= 11 is 0. The molecule has 0 amide bonds. The summed E-state index contributed by atoms with van der Waals surface area (Å²) in [5.41, 5.74) is 1.21. The summed E-state index contributed by atoms with van der Waals surface area (Å²) in [6.45, 7) is 0. The second-order valence-corrected chi connectivity index (χ2v) is 6.55. The van der Waals surface area contributed by atoms with Crippen LogP contribution in [0, 0.1) is 52.3 Å². The van der Waals surface area contributed by atoms with Crippen LogP contribution in [-0.2, 0) is 4.79 Å². The van der Waals surface area contributed by atoms with Crippen LogP contribution in [0.2, 0.25) is 0 Å². The molecule has 0 saturated heterocycles. The lowest BCUT2D eigenvalue weighted by Crippen LogP contribution is -3.10. The van der Waals surface area contributed by atoms with Crippen molar-refractivity contribution in [3.05, 3.63) is 0 Å². The fourth-order valence-electron chi connectivity index (χ4n) is 7.33. The van der Waals surface area contributed by atoms with Gasteiger partial charge in [-0.1, -0.05) is 0 Å². The quantitative estimate of drug-likeness (QED) is 0.574. The van der Waals surface area contributed by atoms with E-state index >= 15 is 0 Å². The molecule has 1 heteroatoms. The summed E-state index contributed by atoms with van der Waals surface area (Å²) in [5.74, 6) is 7.13. The Labute approximate surface area is 76.9 Å². The maximum absolute atomic E-state index is 11.1. The van der Waals surface area contributed by atoms with Crippen molar-refractivity contribution in [3.8, 4) is 0 Å². The lowest BCUT2D eigenvalue weighted by molar-refractivity contribution is -0.644. The topological polar surface area (TPSA) is 17.1 Å².